The molecule has 92 valence electrons. The van der Waals surface area contributed by atoms with Crippen LogP contribution >= 0.6 is 0 Å². The molecule has 2 rings (SSSR count). The third-order valence-electron chi connectivity index (χ3n) is 2.78. The van der Waals surface area contributed by atoms with Crippen LogP contribution in [-0.2, 0) is 10.0 Å². The van der Waals surface area contributed by atoms with Crippen LogP contribution in [0, 0.1) is 6.92 Å². The van der Waals surface area contributed by atoms with Crippen LogP contribution in [-0.4, -0.2) is 32.9 Å². The predicted octanol–water partition coefficient (Wildman–Crippen LogP) is 1.56. The lowest BCUT2D eigenvalue weighted by Crippen LogP contribution is -2.28. The average Bonchev–Trinajstić information content (AvgIpc) is 2.82. The minimum atomic E-state index is -3.38. The van der Waals surface area contributed by atoms with Gasteiger partial charge in [-0.2, -0.15) is 4.31 Å². The first kappa shape index (κ1) is 12.1. The van der Waals surface area contributed by atoms with Crippen molar-refractivity contribution in [3.05, 3.63) is 35.9 Å². The van der Waals surface area contributed by atoms with Gasteiger partial charge in [0, 0.05) is 13.1 Å². The maximum Gasteiger partial charge on any atom is 0.243 e. The molecule has 0 saturated heterocycles. The van der Waals surface area contributed by atoms with E-state index in [1.165, 1.54) is 4.31 Å². The maximum atomic E-state index is 12.3. The summed E-state index contributed by atoms with van der Waals surface area (Å²) in [6.45, 7) is 2.68. The van der Waals surface area contributed by atoms with Crippen LogP contribution in [0.15, 0.2) is 35.2 Å². The van der Waals surface area contributed by atoms with Gasteiger partial charge in [-0.15, -0.1) is 0 Å². The van der Waals surface area contributed by atoms with Gasteiger partial charge in [-0.25, -0.2) is 8.42 Å². The van der Waals surface area contributed by atoms with E-state index in [0.29, 0.717) is 29.3 Å². The van der Waals surface area contributed by atoms with E-state index in [0.717, 1.165) is 0 Å². The number of benzene rings is 1. The smallest absolute Gasteiger partial charge is 0.243 e. The quantitative estimate of drug-likeness (QED) is 0.768. The van der Waals surface area contributed by atoms with Crippen LogP contribution in [0.5, 0.6) is 5.75 Å². The topological polar surface area (TPSA) is 46.6 Å². The standard InChI is InChI=1S/C12H15NO3S/c1-10-9-11(16-2)5-6-12(10)17(14,15)13-7-3-4-8-13/h3-6,9H,7-8H2,1-2H3. The molecule has 0 fully saturated rings. The zero-order valence-corrected chi connectivity index (χ0v) is 10.7. The Labute approximate surface area is 102 Å². The highest BCUT2D eigenvalue weighted by molar-refractivity contribution is 7.89. The molecule has 0 atom stereocenters. The molecule has 1 aliphatic heterocycles. The molecule has 0 radical (unpaired) electrons. The van der Waals surface area contributed by atoms with Crippen molar-refractivity contribution in [2.75, 3.05) is 20.2 Å². The second-order valence-corrected chi connectivity index (χ2v) is 5.83. The Hall–Kier alpha value is -1.33. The SMILES string of the molecule is COc1ccc(S(=O)(=O)N2CC=CC2)c(C)c1. The van der Waals surface area contributed by atoms with Crippen molar-refractivity contribution in [2.45, 2.75) is 11.8 Å². The van der Waals surface area contributed by atoms with Gasteiger partial charge in [-0.05, 0) is 30.7 Å². The van der Waals surface area contributed by atoms with E-state index >= 15 is 0 Å². The number of rotatable bonds is 3. The summed E-state index contributed by atoms with van der Waals surface area (Å²) < 4.78 is 31.1. The molecule has 0 N–H and O–H groups in total. The Morgan fingerprint density at radius 3 is 2.41 bits per heavy atom. The fraction of sp³-hybridized carbons (Fsp3) is 0.333. The van der Waals surface area contributed by atoms with Crippen LogP contribution in [0.4, 0.5) is 0 Å². The first-order valence-electron chi connectivity index (χ1n) is 5.35. The first-order chi connectivity index (χ1) is 8.05. The van der Waals surface area contributed by atoms with Crippen molar-refractivity contribution >= 4 is 10.0 Å². The molecule has 0 spiro atoms. The average molecular weight is 253 g/mol. The van der Waals surface area contributed by atoms with Crippen molar-refractivity contribution in [2.24, 2.45) is 0 Å². The molecular weight excluding hydrogens is 238 g/mol. The number of hydrogen-bond acceptors (Lipinski definition) is 3. The summed E-state index contributed by atoms with van der Waals surface area (Å²) in [4.78, 5) is 0.349. The lowest BCUT2D eigenvalue weighted by atomic mass is 10.2. The highest BCUT2D eigenvalue weighted by atomic mass is 32.2. The Morgan fingerprint density at radius 1 is 1.24 bits per heavy atom. The molecule has 1 aromatic carbocycles. The molecule has 0 aliphatic carbocycles. The van der Waals surface area contributed by atoms with Crippen molar-refractivity contribution in [1.82, 2.24) is 4.31 Å². The maximum absolute atomic E-state index is 12.3. The lowest BCUT2D eigenvalue weighted by molar-refractivity contribution is 0.414. The van der Waals surface area contributed by atoms with E-state index in [1.807, 2.05) is 12.2 Å². The van der Waals surface area contributed by atoms with E-state index in [2.05, 4.69) is 0 Å². The number of aryl methyl sites for hydroxylation is 1. The van der Waals surface area contributed by atoms with E-state index < -0.39 is 10.0 Å². The molecule has 0 saturated carbocycles. The lowest BCUT2D eigenvalue weighted by Gasteiger charge is -2.17. The van der Waals surface area contributed by atoms with Crippen molar-refractivity contribution in [1.29, 1.82) is 0 Å². The van der Waals surface area contributed by atoms with E-state index in [4.69, 9.17) is 4.74 Å². The number of methoxy groups -OCH3 is 1. The molecular formula is C12H15NO3S. The van der Waals surface area contributed by atoms with Gasteiger partial charge in [-0.3, -0.25) is 0 Å². The molecule has 0 aromatic heterocycles. The van der Waals surface area contributed by atoms with Gasteiger partial charge < -0.3 is 4.74 Å². The van der Waals surface area contributed by atoms with Crippen LogP contribution < -0.4 is 4.74 Å². The third kappa shape index (κ3) is 2.21. The molecule has 1 aromatic rings. The van der Waals surface area contributed by atoms with Crippen molar-refractivity contribution in [3.63, 3.8) is 0 Å². The molecule has 0 bridgehead atoms. The molecule has 0 unspecified atom stereocenters. The second kappa shape index (κ2) is 4.50. The summed E-state index contributed by atoms with van der Waals surface area (Å²) in [6.07, 6.45) is 3.72. The summed E-state index contributed by atoms with van der Waals surface area (Å²) in [7, 11) is -1.82. The van der Waals surface area contributed by atoms with Crippen molar-refractivity contribution < 1.29 is 13.2 Å². The summed E-state index contributed by atoms with van der Waals surface area (Å²) in [5, 5.41) is 0. The summed E-state index contributed by atoms with van der Waals surface area (Å²) in [6, 6.07) is 5.00. The number of sulfonamides is 1. The molecule has 1 heterocycles. The molecule has 0 amide bonds. The Morgan fingerprint density at radius 2 is 1.88 bits per heavy atom. The number of ether oxygens (including phenoxy) is 1. The summed E-state index contributed by atoms with van der Waals surface area (Å²) in [5.41, 5.74) is 0.705. The highest BCUT2D eigenvalue weighted by Gasteiger charge is 2.26. The fourth-order valence-electron chi connectivity index (χ4n) is 1.83. The van der Waals surface area contributed by atoms with Gasteiger partial charge >= 0.3 is 0 Å². The third-order valence-corrected chi connectivity index (χ3v) is 4.78. The largest absolute Gasteiger partial charge is 0.497 e. The molecule has 17 heavy (non-hydrogen) atoms. The van der Waals surface area contributed by atoms with Crippen LogP contribution in [0.25, 0.3) is 0 Å². The Balaban J connectivity index is 2.39. The monoisotopic (exact) mass is 253 g/mol. The van der Waals surface area contributed by atoms with Gasteiger partial charge in [0.05, 0.1) is 12.0 Å². The van der Waals surface area contributed by atoms with Gasteiger partial charge in [0.15, 0.2) is 0 Å². The van der Waals surface area contributed by atoms with Crippen LogP contribution in [0.3, 0.4) is 0 Å². The van der Waals surface area contributed by atoms with Gasteiger partial charge in [0.2, 0.25) is 10.0 Å². The number of nitrogens with zero attached hydrogens (tertiary/aromatic N) is 1. The fourth-order valence-corrected chi connectivity index (χ4v) is 3.38. The molecule has 5 heteroatoms. The second-order valence-electron chi connectivity index (χ2n) is 3.92. The van der Waals surface area contributed by atoms with E-state index in [9.17, 15) is 8.42 Å². The molecule has 4 nitrogen and oxygen atoms in total. The minimum Gasteiger partial charge on any atom is -0.497 e. The normalized spacial score (nSPS) is 16.4. The van der Waals surface area contributed by atoms with Gasteiger partial charge in [-0.1, -0.05) is 12.2 Å². The highest BCUT2D eigenvalue weighted by Crippen LogP contribution is 2.24. The van der Waals surface area contributed by atoms with E-state index in [-0.39, 0.29) is 0 Å². The van der Waals surface area contributed by atoms with Crippen LogP contribution in [0.2, 0.25) is 0 Å². The van der Waals surface area contributed by atoms with Crippen molar-refractivity contribution in [3.8, 4) is 5.75 Å². The van der Waals surface area contributed by atoms with Crippen LogP contribution in [0.1, 0.15) is 5.56 Å². The van der Waals surface area contributed by atoms with Gasteiger partial charge in [0.1, 0.15) is 5.75 Å². The zero-order chi connectivity index (χ0) is 12.5. The predicted molar refractivity (Wildman–Crippen MR) is 65.6 cm³/mol. The van der Waals surface area contributed by atoms with Gasteiger partial charge in [0.25, 0.3) is 0 Å². The summed E-state index contributed by atoms with van der Waals surface area (Å²) in [5.74, 6) is 0.668. The Bertz CT molecular complexity index is 541. The molecule has 1 aliphatic rings. The zero-order valence-electron chi connectivity index (χ0n) is 9.88. The minimum absolute atomic E-state index is 0.349. The first-order valence-corrected chi connectivity index (χ1v) is 6.79. The van der Waals surface area contributed by atoms with E-state index in [1.54, 1.807) is 32.2 Å². The summed E-state index contributed by atoms with van der Waals surface area (Å²) >= 11 is 0. The Kier molecular flexibility index (Phi) is 3.22. The number of hydrogen-bond donors (Lipinski definition) is 0.